The van der Waals surface area contributed by atoms with Gasteiger partial charge in [0.1, 0.15) is 0 Å². The van der Waals surface area contributed by atoms with Crippen LogP contribution < -0.4 is 14.8 Å². The summed E-state index contributed by atoms with van der Waals surface area (Å²) in [6.07, 6.45) is 2.07. The van der Waals surface area contributed by atoms with Gasteiger partial charge in [-0.05, 0) is 52.9 Å². The van der Waals surface area contributed by atoms with Gasteiger partial charge in [0, 0.05) is 13.1 Å². The first kappa shape index (κ1) is 16.6. The molecule has 2 heterocycles. The Labute approximate surface area is 146 Å². The molecular formula is C18H22N2O3S. The fraction of sp³-hybridized carbons (Fsp3) is 0.389. The molecule has 1 fully saturated rings. The lowest BCUT2D eigenvalue weighted by Gasteiger charge is -2.24. The zero-order valence-corrected chi connectivity index (χ0v) is 14.8. The maximum atomic E-state index is 12.6. The molecule has 3 rings (SSSR count). The highest BCUT2D eigenvalue weighted by Crippen LogP contribution is 2.33. The van der Waals surface area contributed by atoms with Crippen LogP contribution in [-0.2, 0) is 6.54 Å². The third-order valence-electron chi connectivity index (χ3n) is 4.33. The predicted octanol–water partition coefficient (Wildman–Crippen LogP) is 3.81. The van der Waals surface area contributed by atoms with Gasteiger partial charge < -0.3 is 19.7 Å². The van der Waals surface area contributed by atoms with E-state index in [-0.39, 0.29) is 12.1 Å². The van der Waals surface area contributed by atoms with Crippen molar-refractivity contribution in [1.29, 1.82) is 0 Å². The zero-order valence-electron chi connectivity index (χ0n) is 14.0. The van der Waals surface area contributed by atoms with E-state index in [0.717, 1.165) is 24.9 Å². The molecule has 5 nitrogen and oxygen atoms in total. The minimum Gasteiger partial charge on any atom is -0.493 e. The van der Waals surface area contributed by atoms with Crippen molar-refractivity contribution in [3.8, 4) is 11.5 Å². The van der Waals surface area contributed by atoms with Crippen LogP contribution in [0.25, 0.3) is 0 Å². The molecule has 1 N–H and O–H groups in total. The molecule has 0 saturated carbocycles. The smallest absolute Gasteiger partial charge is 0.318 e. The molecule has 128 valence electrons. The van der Waals surface area contributed by atoms with Gasteiger partial charge in [0.15, 0.2) is 11.5 Å². The van der Waals surface area contributed by atoms with Gasteiger partial charge >= 0.3 is 6.03 Å². The summed E-state index contributed by atoms with van der Waals surface area (Å²) in [6.45, 7) is 1.27. The zero-order chi connectivity index (χ0) is 16.9. The normalized spacial score (nSPS) is 16.9. The van der Waals surface area contributed by atoms with Crippen molar-refractivity contribution in [3.63, 3.8) is 0 Å². The molecule has 0 unspecified atom stereocenters. The summed E-state index contributed by atoms with van der Waals surface area (Å²) in [6, 6.07) is 7.96. The summed E-state index contributed by atoms with van der Waals surface area (Å²) in [7, 11) is 3.22. The van der Waals surface area contributed by atoms with E-state index in [4.69, 9.17) is 9.47 Å². The highest BCUT2D eigenvalue weighted by atomic mass is 32.1. The van der Waals surface area contributed by atoms with E-state index < -0.39 is 0 Å². The Morgan fingerprint density at radius 2 is 2.12 bits per heavy atom. The van der Waals surface area contributed by atoms with Gasteiger partial charge in [0.2, 0.25) is 0 Å². The number of nitrogens with zero attached hydrogens (tertiary/aromatic N) is 1. The highest BCUT2D eigenvalue weighted by Gasteiger charge is 2.29. The molecule has 0 spiro atoms. The number of hydrogen-bond donors (Lipinski definition) is 1. The van der Waals surface area contributed by atoms with Crippen molar-refractivity contribution in [2.75, 3.05) is 20.8 Å². The number of hydrogen-bond acceptors (Lipinski definition) is 4. The summed E-state index contributed by atoms with van der Waals surface area (Å²) in [4.78, 5) is 14.5. The van der Waals surface area contributed by atoms with E-state index in [9.17, 15) is 4.79 Å². The maximum Gasteiger partial charge on any atom is 0.318 e. The van der Waals surface area contributed by atoms with Crippen LogP contribution in [0.5, 0.6) is 11.5 Å². The Bertz CT molecular complexity index is 688. The number of likely N-dealkylation sites (tertiary alicyclic amines) is 1. The minimum absolute atomic E-state index is 0.0153. The first-order chi connectivity index (χ1) is 11.7. The molecule has 0 radical (unpaired) electrons. The van der Waals surface area contributed by atoms with E-state index in [0.29, 0.717) is 18.0 Å². The lowest BCUT2D eigenvalue weighted by Crippen LogP contribution is -2.39. The number of urea groups is 1. The SMILES string of the molecule is COc1ccc(CNC(=O)N2CCC[C@H]2c2ccsc2)cc1OC. The third-order valence-corrected chi connectivity index (χ3v) is 5.03. The van der Waals surface area contributed by atoms with Gasteiger partial charge in [-0.2, -0.15) is 11.3 Å². The van der Waals surface area contributed by atoms with Crippen LogP contribution in [0.15, 0.2) is 35.0 Å². The largest absolute Gasteiger partial charge is 0.493 e. The number of carbonyl (C=O) groups is 1. The summed E-state index contributed by atoms with van der Waals surface area (Å²) < 4.78 is 10.5. The Morgan fingerprint density at radius 1 is 1.29 bits per heavy atom. The number of nitrogens with one attached hydrogen (secondary N) is 1. The predicted molar refractivity (Wildman–Crippen MR) is 94.8 cm³/mol. The molecule has 1 aliphatic heterocycles. The van der Waals surface area contributed by atoms with Crippen molar-refractivity contribution in [1.82, 2.24) is 10.2 Å². The van der Waals surface area contributed by atoms with E-state index >= 15 is 0 Å². The fourth-order valence-electron chi connectivity index (χ4n) is 3.09. The number of methoxy groups -OCH3 is 2. The van der Waals surface area contributed by atoms with Crippen molar-refractivity contribution in [2.24, 2.45) is 0 Å². The van der Waals surface area contributed by atoms with Crippen LogP contribution in [0.1, 0.15) is 30.0 Å². The number of amides is 2. The van der Waals surface area contributed by atoms with E-state index in [1.54, 1.807) is 25.6 Å². The monoisotopic (exact) mass is 346 g/mol. The van der Waals surface area contributed by atoms with Crippen LogP contribution in [0.3, 0.4) is 0 Å². The van der Waals surface area contributed by atoms with Gasteiger partial charge in [0.25, 0.3) is 0 Å². The average molecular weight is 346 g/mol. The Balaban J connectivity index is 1.63. The summed E-state index contributed by atoms with van der Waals surface area (Å²) in [5.74, 6) is 1.35. The average Bonchev–Trinajstić information content (AvgIpc) is 3.29. The second-order valence-electron chi connectivity index (χ2n) is 5.76. The Hall–Kier alpha value is -2.21. The second-order valence-corrected chi connectivity index (χ2v) is 6.54. The number of rotatable bonds is 5. The number of thiophene rings is 1. The molecule has 0 aliphatic carbocycles. The van der Waals surface area contributed by atoms with Crippen molar-refractivity contribution >= 4 is 17.4 Å². The van der Waals surface area contributed by atoms with Crippen LogP contribution >= 0.6 is 11.3 Å². The van der Waals surface area contributed by atoms with Crippen molar-refractivity contribution in [3.05, 3.63) is 46.2 Å². The Kier molecular flexibility index (Phi) is 5.25. The molecule has 0 bridgehead atoms. The number of carbonyl (C=O) groups excluding carboxylic acids is 1. The van der Waals surface area contributed by atoms with E-state index in [1.165, 1.54) is 5.56 Å². The Morgan fingerprint density at radius 3 is 2.83 bits per heavy atom. The van der Waals surface area contributed by atoms with Crippen LogP contribution in [0.4, 0.5) is 4.79 Å². The first-order valence-electron chi connectivity index (χ1n) is 8.00. The van der Waals surface area contributed by atoms with E-state index in [1.807, 2.05) is 23.1 Å². The van der Waals surface area contributed by atoms with Gasteiger partial charge in [-0.1, -0.05) is 6.07 Å². The fourth-order valence-corrected chi connectivity index (χ4v) is 3.80. The van der Waals surface area contributed by atoms with Crippen LogP contribution in [0, 0.1) is 0 Å². The quantitative estimate of drug-likeness (QED) is 0.895. The summed E-state index contributed by atoms with van der Waals surface area (Å²) >= 11 is 1.67. The molecule has 2 amide bonds. The highest BCUT2D eigenvalue weighted by molar-refractivity contribution is 7.07. The number of ether oxygens (including phenoxy) is 2. The van der Waals surface area contributed by atoms with Gasteiger partial charge in [0.05, 0.1) is 20.3 Å². The standard InChI is InChI=1S/C18H22N2O3S/c1-22-16-6-5-13(10-17(16)23-2)11-19-18(21)20-8-3-4-15(20)14-7-9-24-12-14/h5-7,9-10,12,15H,3-4,8,11H2,1-2H3,(H,19,21)/t15-/m0/s1. The van der Waals surface area contributed by atoms with Crippen molar-refractivity contribution < 1.29 is 14.3 Å². The van der Waals surface area contributed by atoms with Crippen molar-refractivity contribution in [2.45, 2.75) is 25.4 Å². The molecule has 2 aromatic rings. The lowest BCUT2D eigenvalue weighted by atomic mass is 10.1. The molecule has 1 atom stereocenters. The first-order valence-corrected chi connectivity index (χ1v) is 8.94. The van der Waals surface area contributed by atoms with Crippen LogP contribution in [0.2, 0.25) is 0 Å². The van der Waals surface area contributed by atoms with Gasteiger partial charge in [-0.25, -0.2) is 4.79 Å². The molecule has 1 aliphatic rings. The van der Waals surface area contributed by atoms with E-state index in [2.05, 4.69) is 22.1 Å². The summed E-state index contributed by atoms with van der Waals surface area (Å²) in [5, 5.41) is 7.21. The maximum absolute atomic E-state index is 12.6. The molecule has 24 heavy (non-hydrogen) atoms. The second kappa shape index (κ2) is 7.57. The summed E-state index contributed by atoms with van der Waals surface area (Å²) in [5.41, 5.74) is 2.21. The number of benzene rings is 1. The third kappa shape index (κ3) is 3.48. The van der Waals surface area contributed by atoms with Gasteiger partial charge in [-0.3, -0.25) is 0 Å². The topological polar surface area (TPSA) is 50.8 Å². The molecule has 6 heteroatoms. The molecule has 1 saturated heterocycles. The minimum atomic E-state index is -0.0153. The molecular weight excluding hydrogens is 324 g/mol. The molecule has 1 aromatic heterocycles. The van der Waals surface area contributed by atoms with Gasteiger partial charge in [-0.15, -0.1) is 0 Å². The lowest BCUT2D eigenvalue weighted by molar-refractivity contribution is 0.192. The van der Waals surface area contributed by atoms with Crippen LogP contribution in [-0.4, -0.2) is 31.7 Å². The molecule has 1 aromatic carbocycles.